The number of hydrogen-bond donors (Lipinski definition) is 0. The topological polar surface area (TPSA) is 37.4 Å². The van der Waals surface area contributed by atoms with Crippen LogP contribution in [0.5, 0.6) is 0 Å². The van der Waals surface area contributed by atoms with Gasteiger partial charge in [-0.05, 0) is 0 Å². The van der Waals surface area contributed by atoms with Gasteiger partial charge in [0.25, 0.3) is 0 Å². The molecule has 0 bridgehead atoms. The SMILES string of the molecule is O=C1C(=Cc2ccc(N3c4cccc[c]4[Ge]4([CH2]CCC[CH2]4)[c]4ccccc43)[te]2)C(=O)c2cscc21. The number of fused-ring (bicyclic) bond motifs is 5. The minimum atomic E-state index is -2.42. The molecule has 0 atom stereocenters. The van der Waals surface area contributed by atoms with Gasteiger partial charge in [0.05, 0.1) is 0 Å². The summed E-state index contributed by atoms with van der Waals surface area (Å²) in [6.45, 7) is 0. The Kier molecular flexibility index (Phi) is 5.33. The van der Waals surface area contributed by atoms with Crippen molar-refractivity contribution in [3.63, 3.8) is 0 Å². The van der Waals surface area contributed by atoms with Crippen molar-refractivity contribution in [2.45, 2.75) is 29.8 Å². The van der Waals surface area contributed by atoms with E-state index in [9.17, 15) is 9.59 Å². The van der Waals surface area contributed by atoms with Gasteiger partial charge in [-0.25, -0.2) is 0 Å². The number of Topliss-reactive ketones (excluding diaryl/α,β-unsaturated/α-hetero) is 2. The molecule has 7 rings (SSSR count). The Morgan fingerprint density at radius 1 is 0.771 bits per heavy atom. The quantitative estimate of drug-likeness (QED) is 0.157. The molecule has 3 aliphatic rings. The first-order chi connectivity index (χ1) is 17.2. The Hall–Kier alpha value is -2.17. The third-order valence-electron chi connectivity index (χ3n) is 7.79. The van der Waals surface area contributed by atoms with Crippen molar-refractivity contribution in [2.24, 2.45) is 0 Å². The van der Waals surface area contributed by atoms with Crippen molar-refractivity contribution in [2.75, 3.05) is 4.90 Å². The zero-order chi connectivity index (χ0) is 23.6. The van der Waals surface area contributed by atoms with Crippen LogP contribution in [0.4, 0.5) is 15.1 Å². The minimum absolute atomic E-state index is 0.117. The van der Waals surface area contributed by atoms with E-state index in [4.69, 9.17) is 0 Å². The molecule has 4 aromatic rings. The first-order valence-corrected chi connectivity index (χ1v) is 20.5. The van der Waals surface area contributed by atoms with Gasteiger partial charge < -0.3 is 0 Å². The zero-order valence-electron chi connectivity index (χ0n) is 19.1. The molecule has 0 N–H and O–H groups in total. The van der Waals surface area contributed by atoms with Crippen LogP contribution in [0.25, 0.3) is 6.08 Å². The molecule has 0 radical (unpaired) electrons. The summed E-state index contributed by atoms with van der Waals surface area (Å²) >= 11 is -1.75. The molecule has 1 spiro atoms. The van der Waals surface area contributed by atoms with Crippen molar-refractivity contribution in [1.82, 2.24) is 0 Å². The molecule has 2 aliphatic heterocycles. The number of thiophene rings is 1. The number of allylic oxidation sites excluding steroid dienone is 1. The molecule has 0 saturated carbocycles. The summed E-state index contributed by atoms with van der Waals surface area (Å²) in [4.78, 5) is 28.2. The normalized spacial score (nSPS) is 17.9. The number of anilines is 3. The molecule has 1 aliphatic carbocycles. The number of para-hydroxylation sites is 2. The number of nitrogens with zero attached hydrogens (tertiary/aromatic N) is 1. The van der Waals surface area contributed by atoms with Crippen LogP contribution in [0, 0.1) is 0 Å². The van der Waals surface area contributed by atoms with Gasteiger partial charge in [-0.3, -0.25) is 0 Å². The molecule has 0 unspecified atom stereocenters. The molecule has 35 heavy (non-hydrogen) atoms. The van der Waals surface area contributed by atoms with Gasteiger partial charge in [-0.2, -0.15) is 0 Å². The molecule has 172 valence electrons. The van der Waals surface area contributed by atoms with Gasteiger partial charge >= 0.3 is 223 Å². The third kappa shape index (κ3) is 3.29. The van der Waals surface area contributed by atoms with Crippen LogP contribution in [0.3, 0.4) is 0 Å². The molecular weight excluding hydrogens is 627 g/mol. The van der Waals surface area contributed by atoms with E-state index in [-0.39, 0.29) is 11.6 Å². The van der Waals surface area contributed by atoms with Crippen LogP contribution in [0.2, 0.25) is 10.5 Å². The first kappa shape index (κ1) is 22.1. The van der Waals surface area contributed by atoms with E-state index in [2.05, 4.69) is 65.6 Å². The van der Waals surface area contributed by atoms with Crippen LogP contribution in [-0.2, 0) is 0 Å². The van der Waals surface area contributed by atoms with E-state index in [1.807, 2.05) is 6.08 Å². The van der Waals surface area contributed by atoms with Crippen LogP contribution >= 0.6 is 11.3 Å². The van der Waals surface area contributed by atoms with Gasteiger partial charge in [0.2, 0.25) is 0 Å². The van der Waals surface area contributed by atoms with Crippen molar-refractivity contribution in [3.05, 3.63) is 91.7 Å². The number of ketones is 2. The average molecular weight is 650 g/mol. The number of benzene rings is 2. The fourth-order valence-corrected chi connectivity index (χ4v) is 21.4. The van der Waals surface area contributed by atoms with Gasteiger partial charge in [0, 0.05) is 0 Å². The van der Waals surface area contributed by atoms with E-state index in [0.29, 0.717) is 16.7 Å². The fourth-order valence-electron chi connectivity index (χ4n) is 6.21. The number of hydrogen-bond acceptors (Lipinski definition) is 4. The monoisotopic (exact) mass is 653 g/mol. The summed E-state index contributed by atoms with van der Waals surface area (Å²) < 4.78 is 5.75. The summed E-state index contributed by atoms with van der Waals surface area (Å²) in [5, 5.41) is 6.38. The molecular formula is C29H23GeNO2STe. The van der Waals surface area contributed by atoms with Crippen LogP contribution < -0.4 is 13.7 Å². The molecule has 6 heteroatoms. The standard InChI is InChI=1S/C29H23GeNO2STe/c32-28-20(29(33)22-18-34-17-21(22)28)16-19-12-13-27(35-19)31-25-10-4-2-8-23(25)30(14-6-1-7-15-30)24-9-3-5-11-26(24)31/h2-5,8-13,16-18H,1,6-7,14-15H2. The Labute approximate surface area is 221 Å². The second-order valence-corrected chi connectivity index (χ2v) is 22.4. The first-order valence-electron chi connectivity index (χ1n) is 12.1. The average Bonchev–Trinajstić information content (AvgIpc) is 3.62. The zero-order valence-corrected chi connectivity index (χ0v) is 24.4. The predicted molar refractivity (Wildman–Crippen MR) is 148 cm³/mol. The summed E-state index contributed by atoms with van der Waals surface area (Å²) in [7, 11) is 0. The van der Waals surface area contributed by atoms with Crippen LogP contribution in [0.15, 0.2) is 77.0 Å². The molecule has 2 aromatic carbocycles. The third-order valence-corrected chi connectivity index (χ3v) is 22.6. The molecule has 0 amide bonds. The Bertz CT molecular complexity index is 1460. The van der Waals surface area contributed by atoms with Crippen LogP contribution in [0.1, 0.15) is 43.6 Å². The van der Waals surface area contributed by atoms with E-state index >= 15 is 0 Å². The summed E-state index contributed by atoms with van der Waals surface area (Å²) in [6, 6.07) is 22.7. The molecule has 4 heterocycles. The second kappa shape index (κ2) is 8.45. The molecule has 3 nitrogen and oxygen atoms in total. The Morgan fingerprint density at radius 2 is 1.37 bits per heavy atom. The predicted octanol–water partition coefficient (Wildman–Crippen LogP) is 5.80. The summed E-state index contributed by atoms with van der Waals surface area (Å²) in [5.74, 6) is -0.233. The van der Waals surface area contributed by atoms with Crippen molar-refractivity contribution in [1.29, 1.82) is 0 Å². The fraction of sp³-hybridized carbons (Fsp3) is 0.172. The maximum absolute atomic E-state index is 12.8. The van der Waals surface area contributed by atoms with E-state index in [1.165, 1.54) is 56.2 Å². The van der Waals surface area contributed by atoms with Crippen molar-refractivity contribution >= 4 is 86.5 Å². The van der Waals surface area contributed by atoms with Crippen molar-refractivity contribution in [3.8, 4) is 0 Å². The maximum atomic E-state index is 12.8. The number of rotatable bonds is 2. The number of carbonyl (C=O) groups excluding carboxylic acids is 2. The summed E-state index contributed by atoms with van der Waals surface area (Å²) in [5.41, 5.74) is 4.23. The van der Waals surface area contributed by atoms with Crippen molar-refractivity contribution < 1.29 is 9.59 Å². The van der Waals surface area contributed by atoms with Gasteiger partial charge in [-0.1, -0.05) is 0 Å². The van der Waals surface area contributed by atoms with Gasteiger partial charge in [-0.15, -0.1) is 0 Å². The Balaban J connectivity index is 1.34. The van der Waals surface area contributed by atoms with Crippen LogP contribution in [-0.4, -0.2) is 45.3 Å². The summed E-state index contributed by atoms with van der Waals surface area (Å²) in [6.07, 6.45) is 5.95. The molecule has 1 fully saturated rings. The number of carbonyl (C=O) groups is 2. The van der Waals surface area contributed by atoms with E-state index < -0.39 is 33.7 Å². The second-order valence-electron chi connectivity index (χ2n) is 9.60. The van der Waals surface area contributed by atoms with Gasteiger partial charge in [0.1, 0.15) is 0 Å². The molecule has 1 saturated heterocycles. The van der Waals surface area contributed by atoms with E-state index in [0.717, 1.165) is 3.58 Å². The molecule has 2 aromatic heterocycles. The van der Waals surface area contributed by atoms with Gasteiger partial charge in [0.15, 0.2) is 0 Å². The Morgan fingerprint density at radius 3 is 2.00 bits per heavy atom. The van der Waals surface area contributed by atoms with E-state index in [1.54, 1.807) is 19.6 Å².